The molecule has 22 heavy (non-hydrogen) atoms. The minimum atomic E-state index is -0.774. The number of carbonyl (C=O) groups excluding carboxylic acids is 1. The Bertz CT molecular complexity index is 675. The lowest BCUT2D eigenvalue weighted by Gasteiger charge is -2.21. The van der Waals surface area contributed by atoms with Gasteiger partial charge in [-0.15, -0.1) is 0 Å². The van der Waals surface area contributed by atoms with E-state index in [4.69, 9.17) is 11.6 Å². The van der Waals surface area contributed by atoms with Crippen LogP contribution in [0.2, 0.25) is 5.02 Å². The van der Waals surface area contributed by atoms with Crippen molar-refractivity contribution in [2.24, 2.45) is 0 Å². The molecule has 114 valence electrons. The number of nitro groups is 1. The van der Waals surface area contributed by atoms with E-state index >= 15 is 0 Å². The molecule has 0 aliphatic carbocycles. The molecule has 0 saturated carbocycles. The van der Waals surface area contributed by atoms with Crippen molar-refractivity contribution in [1.29, 1.82) is 0 Å². The average Bonchev–Trinajstić information content (AvgIpc) is 2.49. The maximum atomic E-state index is 13.1. The number of hydrogen-bond acceptors (Lipinski definition) is 3. The second-order valence-corrected chi connectivity index (χ2v) is 5.26. The summed E-state index contributed by atoms with van der Waals surface area (Å²) in [5.41, 5.74) is 1.05. The molecule has 0 aliphatic heterocycles. The Morgan fingerprint density at radius 3 is 2.36 bits per heavy atom. The van der Waals surface area contributed by atoms with Crippen molar-refractivity contribution >= 4 is 17.9 Å². The molecule has 0 spiro atoms. The van der Waals surface area contributed by atoms with E-state index in [1.807, 2.05) is 0 Å². The highest BCUT2D eigenvalue weighted by Crippen LogP contribution is 2.35. The van der Waals surface area contributed by atoms with Crippen molar-refractivity contribution in [2.75, 3.05) is 6.54 Å². The van der Waals surface area contributed by atoms with Gasteiger partial charge >= 0.3 is 0 Å². The lowest BCUT2D eigenvalue weighted by atomic mass is 9.82. The minimum absolute atomic E-state index is 0.370. The van der Waals surface area contributed by atoms with Crippen molar-refractivity contribution in [2.45, 2.75) is 11.8 Å². The second-order valence-electron chi connectivity index (χ2n) is 4.86. The number of carbonyl (C=O) groups is 1. The topological polar surface area (TPSA) is 60.2 Å². The molecule has 4 nitrogen and oxygen atoms in total. The molecule has 0 fully saturated rings. The average molecular weight is 322 g/mol. The van der Waals surface area contributed by atoms with Gasteiger partial charge in [0, 0.05) is 9.95 Å². The minimum Gasteiger partial charge on any atom is -0.303 e. The molecular formula is C16H13ClFNO3. The molecular weight excluding hydrogens is 309 g/mol. The lowest BCUT2D eigenvalue weighted by Crippen LogP contribution is -2.21. The van der Waals surface area contributed by atoms with E-state index in [1.165, 1.54) is 24.3 Å². The highest BCUT2D eigenvalue weighted by molar-refractivity contribution is 6.31. The summed E-state index contributed by atoms with van der Waals surface area (Å²) in [5.74, 6) is -1.93. The number of hydrogen-bond donors (Lipinski definition) is 0. The third-order valence-corrected chi connectivity index (χ3v) is 3.83. The first-order chi connectivity index (χ1) is 10.5. The Balaban J connectivity index is 2.46. The van der Waals surface area contributed by atoms with Crippen LogP contribution in [0.4, 0.5) is 4.39 Å². The van der Waals surface area contributed by atoms with Gasteiger partial charge in [0.25, 0.3) is 0 Å². The maximum Gasteiger partial charge on any atom is 0.211 e. The van der Waals surface area contributed by atoms with Crippen molar-refractivity contribution in [1.82, 2.24) is 0 Å². The Labute approximate surface area is 131 Å². The smallest absolute Gasteiger partial charge is 0.211 e. The van der Waals surface area contributed by atoms with Crippen LogP contribution in [0.5, 0.6) is 0 Å². The summed E-state index contributed by atoms with van der Waals surface area (Å²) < 4.78 is 13.1. The van der Waals surface area contributed by atoms with Crippen LogP contribution in [0.1, 0.15) is 23.0 Å². The molecule has 2 unspecified atom stereocenters. The van der Waals surface area contributed by atoms with Crippen LogP contribution in [0.25, 0.3) is 0 Å². The van der Waals surface area contributed by atoms with Gasteiger partial charge in [-0.05, 0) is 29.3 Å². The maximum absolute atomic E-state index is 13.1. The Morgan fingerprint density at radius 1 is 1.18 bits per heavy atom. The third kappa shape index (κ3) is 3.68. The number of aldehydes is 1. The fourth-order valence-electron chi connectivity index (χ4n) is 2.43. The molecule has 6 heteroatoms. The molecule has 0 radical (unpaired) electrons. The van der Waals surface area contributed by atoms with Gasteiger partial charge in [-0.2, -0.15) is 0 Å². The van der Waals surface area contributed by atoms with Crippen LogP contribution in [0.15, 0.2) is 48.5 Å². The van der Waals surface area contributed by atoms with Gasteiger partial charge in [0.2, 0.25) is 6.54 Å². The molecule has 2 rings (SSSR count). The third-order valence-electron chi connectivity index (χ3n) is 3.49. The van der Waals surface area contributed by atoms with Crippen molar-refractivity contribution < 1.29 is 14.1 Å². The number of rotatable bonds is 6. The number of benzene rings is 2. The molecule has 0 heterocycles. The van der Waals surface area contributed by atoms with Crippen LogP contribution < -0.4 is 0 Å². The summed E-state index contributed by atoms with van der Waals surface area (Å²) in [6.45, 7) is -0.444. The standard InChI is InChI=1S/C16H13ClFNO3/c17-16-4-2-1-3-13(16)15(10-20)14(9-19(21)22)11-5-7-12(18)8-6-11/h1-8,10,14-15H,9H2. The highest BCUT2D eigenvalue weighted by Gasteiger charge is 2.30. The van der Waals surface area contributed by atoms with Gasteiger partial charge in [-0.1, -0.05) is 41.9 Å². The quantitative estimate of drug-likeness (QED) is 0.461. The number of halogens is 2. The predicted molar refractivity (Wildman–Crippen MR) is 81.3 cm³/mol. The van der Waals surface area contributed by atoms with Crippen LogP contribution >= 0.6 is 11.6 Å². The lowest BCUT2D eigenvalue weighted by molar-refractivity contribution is -0.483. The van der Waals surface area contributed by atoms with Crippen molar-refractivity contribution in [3.63, 3.8) is 0 Å². The fraction of sp³-hybridized carbons (Fsp3) is 0.188. The molecule has 2 atom stereocenters. The normalized spacial score (nSPS) is 13.4. The summed E-state index contributed by atoms with van der Waals surface area (Å²) in [6.07, 6.45) is 0.652. The molecule has 0 saturated heterocycles. The SMILES string of the molecule is O=CC(c1ccccc1Cl)C(C[N+](=O)[O-])c1ccc(F)cc1. The van der Waals surface area contributed by atoms with Crippen LogP contribution in [0, 0.1) is 15.9 Å². The zero-order valence-electron chi connectivity index (χ0n) is 11.5. The first kappa shape index (κ1) is 16.1. The zero-order valence-corrected chi connectivity index (χ0v) is 12.2. The Kier molecular flexibility index (Phi) is 5.22. The molecule has 0 aromatic heterocycles. The monoisotopic (exact) mass is 321 g/mol. The van der Waals surface area contributed by atoms with E-state index in [9.17, 15) is 19.3 Å². The zero-order chi connectivity index (χ0) is 16.1. The van der Waals surface area contributed by atoms with E-state index in [-0.39, 0.29) is 0 Å². The van der Waals surface area contributed by atoms with E-state index < -0.39 is 29.1 Å². The number of nitrogens with zero attached hydrogens (tertiary/aromatic N) is 1. The molecule has 0 aliphatic rings. The largest absolute Gasteiger partial charge is 0.303 e. The highest BCUT2D eigenvalue weighted by atomic mass is 35.5. The van der Waals surface area contributed by atoms with Gasteiger partial charge in [-0.25, -0.2) is 4.39 Å². The van der Waals surface area contributed by atoms with E-state index in [0.29, 0.717) is 22.4 Å². The molecule has 0 N–H and O–H groups in total. The van der Waals surface area contributed by atoms with Crippen molar-refractivity contribution in [3.8, 4) is 0 Å². The molecule has 2 aromatic carbocycles. The van der Waals surface area contributed by atoms with Gasteiger partial charge in [0.05, 0.1) is 11.8 Å². The Morgan fingerprint density at radius 2 is 1.82 bits per heavy atom. The summed E-state index contributed by atoms with van der Waals surface area (Å²) in [7, 11) is 0. The predicted octanol–water partition coefficient (Wildman–Crippen LogP) is 3.82. The summed E-state index contributed by atoms with van der Waals surface area (Å²) in [6, 6.07) is 12.1. The first-order valence-electron chi connectivity index (χ1n) is 6.60. The van der Waals surface area contributed by atoms with Crippen LogP contribution in [-0.2, 0) is 4.79 Å². The van der Waals surface area contributed by atoms with Crippen molar-refractivity contribution in [3.05, 3.63) is 80.6 Å². The van der Waals surface area contributed by atoms with Crippen LogP contribution in [0.3, 0.4) is 0 Å². The first-order valence-corrected chi connectivity index (χ1v) is 6.97. The fourth-order valence-corrected chi connectivity index (χ4v) is 2.69. The summed E-state index contributed by atoms with van der Waals surface area (Å²) in [4.78, 5) is 22.1. The van der Waals surface area contributed by atoms with E-state index in [2.05, 4.69) is 0 Å². The Hall–Kier alpha value is -2.27. The second kappa shape index (κ2) is 7.13. The summed E-state index contributed by atoms with van der Waals surface area (Å²) >= 11 is 6.10. The molecule has 0 amide bonds. The van der Waals surface area contributed by atoms with Gasteiger partial charge < -0.3 is 4.79 Å². The van der Waals surface area contributed by atoms with E-state index in [1.54, 1.807) is 24.3 Å². The van der Waals surface area contributed by atoms with Crippen LogP contribution in [-0.4, -0.2) is 17.8 Å². The van der Waals surface area contributed by atoms with E-state index in [0.717, 1.165) is 0 Å². The summed E-state index contributed by atoms with van der Waals surface area (Å²) in [5, 5.41) is 11.3. The van der Waals surface area contributed by atoms with Gasteiger partial charge in [0.15, 0.2) is 0 Å². The molecule has 0 bridgehead atoms. The molecule has 2 aromatic rings. The van der Waals surface area contributed by atoms with Gasteiger partial charge in [-0.3, -0.25) is 10.1 Å². The van der Waals surface area contributed by atoms with Gasteiger partial charge in [0.1, 0.15) is 12.1 Å².